The van der Waals surface area contributed by atoms with Gasteiger partial charge in [-0.2, -0.15) is 0 Å². The molecule has 2 aromatic rings. The molecule has 4 heteroatoms. The summed E-state index contributed by atoms with van der Waals surface area (Å²) in [5.41, 5.74) is 7.17. The number of benzene rings is 2. The monoisotopic (exact) mass is 286 g/mol. The zero-order chi connectivity index (χ0) is 15.4. The molecule has 110 valence electrons. The molecular formula is C17H19FN2O. The lowest BCUT2D eigenvalue weighted by molar-refractivity contribution is 0.0690. The zero-order valence-corrected chi connectivity index (χ0v) is 12.2. The van der Waals surface area contributed by atoms with E-state index in [1.165, 1.54) is 18.2 Å². The Balaban J connectivity index is 2.27. The van der Waals surface area contributed by atoms with Crippen LogP contribution in [-0.4, -0.2) is 16.8 Å². The summed E-state index contributed by atoms with van der Waals surface area (Å²) < 4.78 is 13.4. The number of hydrogen-bond acceptors (Lipinski definition) is 2. The first-order valence-corrected chi connectivity index (χ1v) is 6.88. The van der Waals surface area contributed by atoms with Crippen LogP contribution in [-0.2, 0) is 6.54 Å². The molecule has 0 unspecified atom stereocenters. The van der Waals surface area contributed by atoms with E-state index in [9.17, 15) is 9.18 Å². The average molecular weight is 286 g/mol. The number of nitrogens with two attached hydrogens (primary N) is 1. The first-order chi connectivity index (χ1) is 9.97. The maximum Gasteiger partial charge on any atom is 0.254 e. The predicted molar refractivity (Wildman–Crippen MR) is 82.3 cm³/mol. The maximum absolute atomic E-state index is 13.4. The summed E-state index contributed by atoms with van der Waals surface area (Å²) in [7, 11) is 0. The number of hydrogen-bond donors (Lipinski definition) is 1. The summed E-state index contributed by atoms with van der Waals surface area (Å²) in [4.78, 5) is 14.3. The third-order valence-electron chi connectivity index (χ3n) is 3.25. The predicted octanol–water partition coefficient (Wildman–Crippen LogP) is 3.46. The molecule has 0 saturated carbocycles. The minimum Gasteiger partial charge on any atom is -0.399 e. The lowest BCUT2D eigenvalue weighted by atomic mass is 10.1. The van der Waals surface area contributed by atoms with Crippen LogP contribution < -0.4 is 5.73 Å². The van der Waals surface area contributed by atoms with Crippen LogP contribution in [0.3, 0.4) is 0 Å². The van der Waals surface area contributed by atoms with Crippen LogP contribution in [0.2, 0.25) is 0 Å². The molecule has 2 N–H and O–H groups in total. The van der Waals surface area contributed by atoms with Gasteiger partial charge in [-0.15, -0.1) is 0 Å². The van der Waals surface area contributed by atoms with Gasteiger partial charge in [0.05, 0.1) is 0 Å². The Morgan fingerprint density at radius 3 is 2.43 bits per heavy atom. The topological polar surface area (TPSA) is 46.3 Å². The van der Waals surface area contributed by atoms with E-state index in [4.69, 9.17) is 5.73 Å². The highest BCUT2D eigenvalue weighted by molar-refractivity contribution is 5.95. The van der Waals surface area contributed by atoms with Crippen molar-refractivity contribution in [2.45, 2.75) is 26.4 Å². The molecule has 0 bridgehead atoms. The number of anilines is 1. The molecule has 0 spiro atoms. The smallest absolute Gasteiger partial charge is 0.254 e. The number of nitrogens with zero attached hydrogens (tertiary/aromatic N) is 1. The van der Waals surface area contributed by atoms with Crippen molar-refractivity contribution in [3.05, 3.63) is 65.5 Å². The molecule has 0 atom stereocenters. The molecule has 0 aliphatic rings. The van der Waals surface area contributed by atoms with Gasteiger partial charge in [-0.1, -0.05) is 30.3 Å². The van der Waals surface area contributed by atoms with Crippen molar-refractivity contribution in [1.29, 1.82) is 0 Å². The van der Waals surface area contributed by atoms with Gasteiger partial charge in [0.2, 0.25) is 0 Å². The highest BCUT2D eigenvalue weighted by Crippen LogP contribution is 2.17. The van der Waals surface area contributed by atoms with Crippen LogP contribution in [0, 0.1) is 5.82 Å². The van der Waals surface area contributed by atoms with Crippen LogP contribution >= 0.6 is 0 Å². The molecule has 0 aliphatic carbocycles. The van der Waals surface area contributed by atoms with Crippen molar-refractivity contribution < 1.29 is 9.18 Å². The second-order valence-electron chi connectivity index (χ2n) is 5.29. The summed E-state index contributed by atoms with van der Waals surface area (Å²) in [5, 5.41) is 0. The fourth-order valence-corrected chi connectivity index (χ4v) is 2.17. The SMILES string of the molecule is CC(C)N(Cc1ccccc1)C(=O)c1cc(N)cc(F)c1. The Labute approximate surface area is 124 Å². The number of halogens is 1. The molecule has 2 rings (SSSR count). The Bertz CT molecular complexity index is 606. The van der Waals surface area contributed by atoms with Gasteiger partial charge in [-0.25, -0.2) is 4.39 Å². The van der Waals surface area contributed by atoms with E-state index in [2.05, 4.69) is 0 Å². The normalized spacial score (nSPS) is 10.7. The lowest BCUT2D eigenvalue weighted by Gasteiger charge is -2.27. The van der Waals surface area contributed by atoms with E-state index in [-0.39, 0.29) is 23.2 Å². The largest absolute Gasteiger partial charge is 0.399 e. The third kappa shape index (κ3) is 3.81. The van der Waals surface area contributed by atoms with Gasteiger partial charge in [0, 0.05) is 23.8 Å². The number of rotatable bonds is 4. The molecule has 3 nitrogen and oxygen atoms in total. The molecule has 2 aromatic carbocycles. The Kier molecular flexibility index (Phi) is 4.58. The molecule has 0 radical (unpaired) electrons. The van der Waals surface area contributed by atoms with Crippen LogP contribution in [0.4, 0.5) is 10.1 Å². The Hall–Kier alpha value is -2.36. The van der Waals surface area contributed by atoms with E-state index >= 15 is 0 Å². The molecule has 0 fully saturated rings. The maximum atomic E-state index is 13.4. The second-order valence-corrected chi connectivity index (χ2v) is 5.29. The first-order valence-electron chi connectivity index (χ1n) is 6.88. The second kappa shape index (κ2) is 6.39. The number of nitrogen functional groups attached to an aromatic ring is 1. The van der Waals surface area contributed by atoms with Gasteiger partial charge in [0.1, 0.15) is 5.82 Å². The van der Waals surface area contributed by atoms with Crippen molar-refractivity contribution in [3.63, 3.8) is 0 Å². The van der Waals surface area contributed by atoms with E-state index in [1.54, 1.807) is 4.90 Å². The quantitative estimate of drug-likeness (QED) is 0.875. The molecule has 0 saturated heterocycles. The van der Waals surface area contributed by atoms with Crippen LogP contribution in [0.25, 0.3) is 0 Å². The minimum absolute atomic E-state index is 0.00204. The van der Waals surface area contributed by atoms with E-state index in [1.807, 2.05) is 44.2 Å². The summed E-state index contributed by atoms with van der Waals surface area (Å²) in [5.74, 6) is -0.721. The molecule has 21 heavy (non-hydrogen) atoms. The molecule has 0 heterocycles. The van der Waals surface area contributed by atoms with Crippen LogP contribution in [0.15, 0.2) is 48.5 Å². The Morgan fingerprint density at radius 1 is 1.19 bits per heavy atom. The summed E-state index contributed by atoms with van der Waals surface area (Å²) in [6, 6.07) is 13.6. The van der Waals surface area contributed by atoms with Crippen molar-refractivity contribution in [2.75, 3.05) is 5.73 Å². The standard InChI is InChI=1S/C17H19FN2O/c1-12(2)20(11-13-6-4-3-5-7-13)17(21)14-8-15(18)10-16(19)9-14/h3-10,12H,11,19H2,1-2H3. The average Bonchev–Trinajstić information content (AvgIpc) is 2.44. The summed E-state index contributed by atoms with van der Waals surface area (Å²) in [6.07, 6.45) is 0. The van der Waals surface area contributed by atoms with E-state index in [0.29, 0.717) is 6.54 Å². The fourth-order valence-electron chi connectivity index (χ4n) is 2.17. The Morgan fingerprint density at radius 2 is 1.86 bits per heavy atom. The highest BCUT2D eigenvalue weighted by atomic mass is 19.1. The lowest BCUT2D eigenvalue weighted by Crippen LogP contribution is -2.36. The molecule has 0 aromatic heterocycles. The zero-order valence-electron chi connectivity index (χ0n) is 12.2. The number of amides is 1. The molecular weight excluding hydrogens is 267 g/mol. The fraction of sp³-hybridized carbons (Fsp3) is 0.235. The summed E-state index contributed by atoms with van der Waals surface area (Å²) in [6.45, 7) is 4.35. The van der Waals surface area contributed by atoms with Crippen LogP contribution in [0.5, 0.6) is 0 Å². The molecule has 1 amide bonds. The van der Waals surface area contributed by atoms with Crippen molar-refractivity contribution in [2.24, 2.45) is 0 Å². The minimum atomic E-state index is -0.498. The summed E-state index contributed by atoms with van der Waals surface area (Å²) >= 11 is 0. The van der Waals surface area contributed by atoms with Crippen molar-refractivity contribution in [1.82, 2.24) is 4.90 Å². The van der Waals surface area contributed by atoms with Gasteiger partial charge >= 0.3 is 0 Å². The first kappa shape index (κ1) is 15.0. The van der Waals surface area contributed by atoms with E-state index in [0.717, 1.165) is 5.56 Å². The number of carbonyl (C=O) groups excluding carboxylic acids is 1. The molecule has 0 aliphatic heterocycles. The third-order valence-corrected chi connectivity index (χ3v) is 3.25. The van der Waals surface area contributed by atoms with Gasteiger partial charge in [0.15, 0.2) is 0 Å². The van der Waals surface area contributed by atoms with Gasteiger partial charge in [0.25, 0.3) is 5.91 Å². The van der Waals surface area contributed by atoms with Crippen molar-refractivity contribution >= 4 is 11.6 Å². The van der Waals surface area contributed by atoms with Crippen molar-refractivity contribution in [3.8, 4) is 0 Å². The highest BCUT2D eigenvalue weighted by Gasteiger charge is 2.20. The van der Waals surface area contributed by atoms with Gasteiger partial charge in [-0.05, 0) is 37.6 Å². The van der Waals surface area contributed by atoms with Gasteiger partial charge < -0.3 is 10.6 Å². The van der Waals surface area contributed by atoms with Gasteiger partial charge in [-0.3, -0.25) is 4.79 Å². The van der Waals surface area contributed by atoms with Crippen LogP contribution in [0.1, 0.15) is 29.8 Å². The number of carbonyl (C=O) groups is 1. The van der Waals surface area contributed by atoms with E-state index < -0.39 is 5.82 Å².